The fraction of sp³-hybridized carbons (Fsp3) is 1.00. The minimum atomic E-state index is -4.02. The molecule has 1 aliphatic rings. The van der Waals surface area contributed by atoms with Crippen LogP contribution in [0, 0.1) is 0 Å². The second-order valence-electron chi connectivity index (χ2n) is 1.93. The molecule has 1 saturated carbocycles. The summed E-state index contributed by atoms with van der Waals surface area (Å²) in [5.74, 6) is -3.07. The van der Waals surface area contributed by atoms with Gasteiger partial charge < -0.3 is 0 Å². The van der Waals surface area contributed by atoms with Crippen molar-refractivity contribution in [1.82, 2.24) is 0 Å². The average molecular weight is 177 g/mol. The number of halogens is 3. The van der Waals surface area contributed by atoms with E-state index in [4.69, 9.17) is 0 Å². The van der Waals surface area contributed by atoms with Gasteiger partial charge in [0.25, 0.3) is 5.92 Å². The van der Waals surface area contributed by atoms with Gasteiger partial charge in [-0.2, -0.15) is 0 Å². The summed E-state index contributed by atoms with van der Waals surface area (Å²) in [7, 11) is 0.592. The van der Waals surface area contributed by atoms with Crippen molar-refractivity contribution in [3.63, 3.8) is 0 Å². The van der Waals surface area contributed by atoms with Crippen LogP contribution < -0.4 is 0 Å². The first-order valence-corrected chi connectivity index (χ1v) is 4.52. The molecule has 1 atom stereocenters. The van der Waals surface area contributed by atoms with Gasteiger partial charge in [-0.15, -0.1) is 0 Å². The van der Waals surface area contributed by atoms with Crippen LogP contribution >= 0.6 is 10.7 Å². The maximum atomic E-state index is 11.8. The zero-order valence-corrected chi connectivity index (χ0v) is 5.72. The van der Waals surface area contributed by atoms with Crippen LogP contribution in [0.1, 0.15) is 6.42 Å². The molecule has 1 aliphatic carbocycles. The van der Waals surface area contributed by atoms with Gasteiger partial charge in [0.1, 0.15) is 5.25 Å². The van der Waals surface area contributed by atoms with Crippen LogP contribution in [0.15, 0.2) is 0 Å². The maximum Gasteiger partial charge on any atom is 0.267 e. The molecule has 1 unspecified atom stereocenters. The third-order valence-corrected chi connectivity index (χ3v) is 2.94. The second kappa shape index (κ2) is 1.58. The van der Waals surface area contributed by atoms with Crippen LogP contribution in [0.3, 0.4) is 0 Å². The lowest BCUT2D eigenvalue weighted by Gasteiger charge is -1.89. The van der Waals surface area contributed by atoms with E-state index < -0.39 is 26.6 Å². The lowest BCUT2D eigenvalue weighted by molar-refractivity contribution is 0.121. The molecule has 0 aromatic heterocycles. The van der Waals surface area contributed by atoms with Crippen molar-refractivity contribution >= 4 is 19.7 Å². The van der Waals surface area contributed by atoms with Gasteiger partial charge in [0.2, 0.25) is 9.05 Å². The van der Waals surface area contributed by atoms with Crippen molar-refractivity contribution in [1.29, 1.82) is 0 Å². The molecule has 9 heavy (non-hydrogen) atoms. The fourth-order valence-corrected chi connectivity index (χ4v) is 1.91. The third-order valence-electron chi connectivity index (χ3n) is 1.11. The fourth-order valence-electron chi connectivity index (χ4n) is 0.494. The number of hydrogen-bond donors (Lipinski definition) is 0. The number of alkyl halides is 2. The topological polar surface area (TPSA) is 34.1 Å². The maximum absolute atomic E-state index is 11.8. The van der Waals surface area contributed by atoms with Crippen LogP contribution in [0.4, 0.5) is 8.78 Å². The van der Waals surface area contributed by atoms with E-state index >= 15 is 0 Å². The predicted octanol–water partition coefficient (Wildman–Crippen LogP) is 0.963. The summed E-state index contributed by atoms with van der Waals surface area (Å²) in [6.45, 7) is 0. The van der Waals surface area contributed by atoms with Crippen molar-refractivity contribution < 1.29 is 17.2 Å². The molecular weight excluding hydrogens is 174 g/mol. The summed E-state index contributed by atoms with van der Waals surface area (Å²) in [6.07, 6.45) is -0.626. The van der Waals surface area contributed by atoms with Gasteiger partial charge >= 0.3 is 0 Å². The van der Waals surface area contributed by atoms with E-state index in [2.05, 4.69) is 10.7 Å². The average Bonchev–Trinajstić information content (AvgIpc) is 2.10. The molecular formula is C3H3ClF2O2S. The Labute approximate surface area is 55.2 Å². The van der Waals surface area contributed by atoms with Crippen molar-refractivity contribution in [3.8, 4) is 0 Å². The highest BCUT2D eigenvalue weighted by atomic mass is 35.7. The van der Waals surface area contributed by atoms with Gasteiger partial charge in [0, 0.05) is 17.1 Å². The first kappa shape index (κ1) is 7.21. The van der Waals surface area contributed by atoms with Crippen molar-refractivity contribution in [2.75, 3.05) is 0 Å². The van der Waals surface area contributed by atoms with E-state index in [1.807, 2.05) is 0 Å². The molecule has 1 fully saturated rings. The van der Waals surface area contributed by atoms with E-state index in [9.17, 15) is 17.2 Å². The van der Waals surface area contributed by atoms with Crippen molar-refractivity contribution in [3.05, 3.63) is 0 Å². The van der Waals surface area contributed by atoms with E-state index in [0.29, 0.717) is 0 Å². The largest absolute Gasteiger partial charge is 0.267 e. The summed E-state index contributed by atoms with van der Waals surface area (Å²) in [4.78, 5) is 0. The van der Waals surface area contributed by atoms with E-state index in [0.717, 1.165) is 0 Å². The normalized spacial score (nSPS) is 32.1. The standard InChI is InChI=1S/C3H3ClF2O2S/c4-9(7,8)2-1-3(2,5)6/h2H,1H2. The second-order valence-corrected chi connectivity index (χ2v) is 4.74. The van der Waals surface area contributed by atoms with Crippen molar-refractivity contribution in [2.24, 2.45) is 0 Å². The molecule has 0 bridgehead atoms. The molecule has 2 nitrogen and oxygen atoms in total. The molecule has 0 N–H and O–H groups in total. The Morgan fingerprint density at radius 3 is 1.89 bits per heavy atom. The van der Waals surface area contributed by atoms with Gasteiger partial charge in [-0.3, -0.25) is 0 Å². The lowest BCUT2D eigenvalue weighted by atomic mass is 10.8. The number of hydrogen-bond acceptors (Lipinski definition) is 2. The van der Waals surface area contributed by atoms with Gasteiger partial charge in [0.15, 0.2) is 0 Å². The Morgan fingerprint density at radius 1 is 1.56 bits per heavy atom. The molecule has 0 radical (unpaired) electrons. The molecule has 0 aromatic rings. The summed E-state index contributed by atoms with van der Waals surface area (Å²) in [6, 6.07) is 0. The minimum Gasteiger partial charge on any atom is -0.212 e. The lowest BCUT2D eigenvalue weighted by Crippen LogP contribution is -2.06. The molecule has 0 heterocycles. The zero-order chi connectivity index (χ0) is 7.28. The van der Waals surface area contributed by atoms with Crippen LogP contribution in [-0.2, 0) is 9.05 Å². The predicted molar refractivity (Wildman–Crippen MR) is 28.1 cm³/mol. The molecule has 0 aliphatic heterocycles. The van der Waals surface area contributed by atoms with E-state index in [1.165, 1.54) is 0 Å². The van der Waals surface area contributed by atoms with Gasteiger partial charge in [-0.25, -0.2) is 17.2 Å². The number of rotatable bonds is 1. The Hall–Kier alpha value is 0.1000. The molecule has 54 valence electrons. The molecule has 6 heteroatoms. The highest BCUT2D eigenvalue weighted by Crippen LogP contribution is 2.48. The molecule has 0 spiro atoms. The Balaban J connectivity index is 2.75. The van der Waals surface area contributed by atoms with Crippen LogP contribution in [0.25, 0.3) is 0 Å². The highest BCUT2D eigenvalue weighted by molar-refractivity contribution is 8.14. The summed E-state index contributed by atoms with van der Waals surface area (Å²) >= 11 is 0. The van der Waals surface area contributed by atoms with Crippen LogP contribution in [0.5, 0.6) is 0 Å². The summed E-state index contributed by atoms with van der Waals surface area (Å²) in [5.41, 5.74) is 0. The monoisotopic (exact) mass is 176 g/mol. The highest BCUT2D eigenvalue weighted by Gasteiger charge is 2.64. The van der Waals surface area contributed by atoms with Gasteiger partial charge in [-0.05, 0) is 0 Å². The Morgan fingerprint density at radius 2 is 1.89 bits per heavy atom. The van der Waals surface area contributed by atoms with E-state index in [-0.39, 0.29) is 0 Å². The minimum absolute atomic E-state index is 0.626. The quantitative estimate of drug-likeness (QED) is 0.558. The first-order chi connectivity index (χ1) is 3.84. The first-order valence-electron chi connectivity index (χ1n) is 2.15. The molecule has 0 saturated heterocycles. The zero-order valence-electron chi connectivity index (χ0n) is 4.14. The van der Waals surface area contributed by atoms with E-state index in [1.54, 1.807) is 0 Å². The van der Waals surface area contributed by atoms with Crippen LogP contribution in [-0.4, -0.2) is 19.6 Å². The molecule has 0 amide bonds. The van der Waals surface area contributed by atoms with Gasteiger partial charge in [0.05, 0.1) is 0 Å². The third kappa shape index (κ3) is 1.32. The van der Waals surface area contributed by atoms with Crippen LogP contribution in [0.2, 0.25) is 0 Å². The Bertz CT molecular complexity index is 222. The van der Waals surface area contributed by atoms with Crippen molar-refractivity contribution in [2.45, 2.75) is 17.6 Å². The smallest absolute Gasteiger partial charge is 0.212 e. The van der Waals surface area contributed by atoms with Gasteiger partial charge in [-0.1, -0.05) is 0 Å². The summed E-state index contributed by atoms with van der Waals surface area (Å²) in [5, 5.41) is -1.63. The Kier molecular flexibility index (Phi) is 1.26. The SMILES string of the molecule is O=S(=O)(Cl)C1CC1(F)F. The molecule has 1 rings (SSSR count). The summed E-state index contributed by atoms with van der Waals surface area (Å²) < 4.78 is 43.8. The molecule has 0 aromatic carbocycles.